The topological polar surface area (TPSA) is 27.7 Å². The van der Waals surface area contributed by atoms with Crippen molar-refractivity contribution in [3.63, 3.8) is 0 Å². The predicted molar refractivity (Wildman–Crippen MR) is 77.7 cm³/mol. The molecule has 0 bridgehead atoms. The normalized spacial score (nSPS) is 21.7. The number of halogens is 2. The molecule has 2 rings (SSSR count). The van der Waals surface area contributed by atoms with E-state index in [-0.39, 0.29) is 10.9 Å². The molecule has 5 heteroatoms. The maximum absolute atomic E-state index is 5.72. The van der Waals surface area contributed by atoms with Gasteiger partial charge in [-0.25, -0.2) is 0 Å². The molecule has 0 spiro atoms. The number of alkyl halides is 1. The van der Waals surface area contributed by atoms with Gasteiger partial charge in [0.1, 0.15) is 5.75 Å². The van der Waals surface area contributed by atoms with Crippen LogP contribution in [0, 0.1) is 6.92 Å². The molecule has 0 amide bonds. The van der Waals surface area contributed by atoms with Gasteiger partial charge in [-0.15, -0.1) is 0 Å². The third-order valence-electron chi connectivity index (χ3n) is 2.98. The van der Waals surface area contributed by atoms with Gasteiger partial charge in [-0.05, 0) is 24.6 Å². The Balaban J connectivity index is 2.27. The van der Waals surface area contributed by atoms with E-state index < -0.39 is 0 Å². The van der Waals surface area contributed by atoms with Gasteiger partial charge in [-0.2, -0.15) is 0 Å². The zero-order chi connectivity index (χ0) is 13.1. The van der Waals surface area contributed by atoms with E-state index in [0.717, 1.165) is 21.3 Å². The van der Waals surface area contributed by atoms with Crippen LogP contribution in [0.4, 0.5) is 0 Å². The van der Waals surface area contributed by atoms with Gasteiger partial charge in [0.05, 0.1) is 37.9 Å². The Morgan fingerprint density at radius 2 is 2.17 bits per heavy atom. The summed E-state index contributed by atoms with van der Waals surface area (Å²) in [5.41, 5.74) is 2.22. The number of rotatable bonds is 3. The van der Waals surface area contributed by atoms with E-state index in [2.05, 4.69) is 37.9 Å². The van der Waals surface area contributed by atoms with Crippen LogP contribution in [0.5, 0.6) is 5.75 Å². The molecule has 1 fully saturated rings. The first kappa shape index (κ1) is 14.3. The average Bonchev–Trinajstić information content (AvgIpc) is 2.41. The third-order valence-corrected chi connectivity index (χ3v) is 4.91. The summed E-state index contributed by atoms with van der Waals surface area (Å²) < 4.78 is 17.7. The predicted octanol–water partition coefficient (Wildman–Crippen LogP) is 3.62. The lowest BCUT2D eigenvalue weighted by molar-refractivity contribution is -0.0877. The minimum absolute atomic E-state index is 0.0160. The van der Waals surface area contributed by atoms with Crippen LogP contribution in [0.15, 0.2) is 16.6 Å². The van der Waals surface area contributed by atoms with Gasteiger partial charge in [-0.1, -0.05) is 31.9 Å². The first-order valence-electron chi connectivity index (χ1n) is 5.81. The fourth-order valence-electron chi connectivity index (χ4n) is 1.94. The second-order valence-corrected chi connectivity index (χ2v) is 6.07. The summed E-state index contributed by atoms with van der Waals surface area (Å²) in [6.07, 6.45) is 0.0160. The van der Waals surface area contributed by atoms with E-state index in [1.54, 1.807) is 7.11 Å². The Labute approximate surface area is 124 Å². The summed E-state index contributed by atoms with van der Waals surface area (Å²) in [5, 5.41) is 0. The summed E-state index contributed by atoms with van der Waals surface area (Å²) in [6.45, 7) is 3.96. The number of ether oxygens (including phenoxy) is 3. The molecule has 0 aromatic heterocycles. The van der Waals surface area contributed by atoms with E-state index in [9.17, 15) is 0 Å². The van der Waals surface area contributed by atoms with E-state index in [1.165, 1.54) is 0 Å². The molecule has 100 valence electrons. The van der Waals surface area contributed by atoms with Crippen LogP contribution in [-0.4, -0.2) is 33.0 Å². The van der Waals surface area contributed by atoms with E-state index >= 15 is 0 Å². The number of methoxy groups -OCH3 is 1. The van der Waals surface area contributed by atoms with E-state index in [4.69, 9.17) is 14.2 Å². The molecule has 0 aliphatic carbocycles. The lowest BCUT2D eigenvalue weighted by Crippen LogP contribution is -2.31. The third kappa shape index (κ3) is 3.07. The van der Waals surface area contributed by atoms with Crippen molar-refractivity contribution in [1.82, 2.24) is 0 Å². The molecule has 1 heterocycles. The first-order chi connectivity index (χ1) is 8.63. The molecule has 18 heavy (non-hydrogen) atoms. The van der Waals surface area contributed by atoms with Crippen LogP contribution in [0.1, 0.15) is 16.0 Å². The molecule has 0 N–H and O–H groups in total. The fraction of sp³-hybridized carbons (Fsp3) is 0.538. The van der Waals surface area contributed by atoms with Gasteiger partial charge in [-0.3, -0.25) is 0 Å². The van der Waals surface area contributed by atoms with Crippen molar-refractivity contribution in [3.8, 4) is 5.75 Å². The molecule has 2 unspecified atom stereocenters. The number of benzene rings is 1. The van der Waals surface area contributed by atoms with Crippen LogP contribution >= 0.6 is 31.9 Å². The highest BCUT2D eigenvalue weighted by molar-refractivity contribution is 9.10. The lowest BCUT2D eigenvalue weighted by Gasteiger charge is -2.28. The van der Waals surface area contributed by atoms with Gasteiger partial charge in [0.15, 0.2) is 0 Å². The van der Waals surface area contributed by atoms with Crippen LogP contribution in [0.25, 0.3) is 0 Å². The highest BCUT2D eigenvalue weighted by Crippen LogP contribution is 2.38. The van der Waals surface area contributed by atoms with Gasteiger partial charge in [0, 0.05) is 10.0 Å². The zero-order valence-corrected chi connectivity index (χ0v) is 13.6. The van der Waals surface area contributed by atoms with Crippen molar-refractivity contribution in [2.24, 2.45) is 0 Å². The van der Waals surface area contributed by atoms with Crippen molar-refractivity contribution in [2.75, 3.05) is 26.9 Å². The SMILES string of the molecule is COc1cc(C)c(Br)cc1C(Br)C1COCCO1. The highest BCUT2D eigenvalue weighted by Gasteiger charge is 2.27. The minimum Gasteiger partial charge on any atom is -0.496 e. The Morgan fingerprint density at radius 1 is 1.39 bits per heavy atom. The molecule has 1 aliphatic heterocycles. The zero-order valence-electron chi connectivity index (χ0n) is 10.4. The standard InChI is InChI=1S/C13H16Br2O3/c1-8-5-11(16-2)9(6-10(8)14)13(15)12-7-17-3-4-18-12/h5-6,12-13H,3-4,7H2,1-2H3. The molecular formula is C13H16Br2O3. The summed E-state index contributed by atoms with van der Waals surface area (Å²) >= 11 is 7.25. The fourth-order valence-corrected chi connectivity index (χ4v) is 2.96. The van der Waals surface area contributed by atoms with Gasteiger partial charge in [0.25, 0.3) is 0 Å². The molecule has 1 aromatic carbocycles. The first-order valence-corrected chi connectivity index (χ1v) is 7.51. The van der Waals surface area contributed by atoms with Crippen LogP contribution in [-0.2, 0) is 9.47 Å². The summed E-state index contributed by atoms with van der Waals surface area (Å²) in [7, 11) is 1.68. The van der Waals surface area contributed by atoms with Gasteiger partial charge < -0.3 is 14.2 Å². The second kappa shape index (κ2) is 6.37. The molecule has 1 saturated heterocycles. The van der Waals surface area contributed by atoms with Crippen molar-refractivity contribution >= 4 is 31.9 Å². The van der Waals surface area contributed by atoms with Crippen molar-refractivity contribution < 1.29 is 14.2 Å². The lowest BCUT2D eigenvalue weighted by atomic mass is 10.0. The number of hydrogen-bond donors (Lipinski definition) is 0. The van der Waals surface area contributed by atoms with Gasteiger partial charge in [0.2, 0.25) is 0 Å². The maximum atomic E-state index is 5.72. The largest absolute Gasteiger partial charge is 0.496 e. The molecular weight excluding hydrogens is 364 g/mol. The monoisotopic (exact) mass is 378 g/mol. The number of aryl methyl sites for hydroxylation is 1. The summed E-state index contributed by atoms with van der Waals surface area (Å²) in [4.78, 5) is 0.0599. The molecule has 1 aliphatic rings. The molecule has 2 atom stereocenters. The Morgan fingerprint density at radius 3 is 2.78 bits per heavy atom. The van der Waals surface area contributed by atoms with Crippen molar-refractivity contribution in [3.05, 3.63) is 27.7 Å². The van der Waals surface area contributed by atoms with Crippen molar-refractivity contribution in [1.29, 1.82) is 0 Å². The average molecular weight is 380 g/mol. The molecule has 0 radical (unpaired) electrons. The van der Waals surface area contributed by atoms with Gasteiger partial charge >= 0.3 is 0 Å². The smallest absolute Gasteiger partial charge is 0.123 e. The second-order valence-electron chi connectivity index (χ2n) is 4.23. The quantitative estimate of drug-likeness (QED) is 0.750. The highest BCUT2D eigenvalue weighted by atomic mass is 79.9. The minimum atomic E-state index is 0.0160. The Bertz CT molecular complexity index is 417. The summed E-state index contributed by atoms with van der Waals surface area (Å²) in [6, 6.07) is 4.10. The molecule has 3 nitrogen and oxygen atoms in total. The van der Waals surface area contributed by atoms with Crippen molar-refractivity contribution in [2.45, 2.75) is 17.9 Å². The number of hydrogen-bond acceptors (Lipinski definition) is 3. The Hall–Kier alpha value is -0.100. The Kier molecular flexibility index (Phi) is 5.06. The van der Waals surface area contributed by atoms with Crippen LogP contribution < -0.4 is 4.74 Å². The maximum Gasteiger partial charge on any atom is 0.123 e. The summed E-state index contributed by atoms with van der Waals surface area (Å²) in [5.74, 6) is 0.867. The van der Waals surface area contributed by atoms with E-state index in [0.29, 0.717) is 19.8 Å². The van der Waals surface area contributed by atoms with E-state index in [1.807, 2.05) is 13.0 Å². The molecule has 0 saturated carbocycles. The van der Waals surface area contributed by atoms with Crippen LogP contribution in [0.2, 0.25) is 0 Å². The van der Waals surface area contributed by atoms with Crippen LogP contribution in [0.3, 0.4) is 0 Å². The molecule has 1 aromatic rings.